The molecule has 0 fully saturated rings. The molecule has 8 N–H and O–H groups in total. The molecule has 0 spiro atoms. The molecule has 4 aliphatic rings. The molecule has 770 valence electrons. The summed E-state index contributed by atoms with van der Waals surface area (Å²) in [5.74, 6) is -11.0. The lowest BCUT2D eigenvalue weighted by molar-refractivity contribution is -0.135. The fourth-order valence-corrected chi connectivity index (χ4v) is 17.0. The molecule has 15 amide bonds. The predicted molar refractivity (Wildman–Crippen MR) is 540 cm³/mol. The number of hydrogen-bond donors (Lipinski definition) is 8. The Labute approximate surface area is 848 Å². The van der Waals surface area contributed by atoms with Gasteiger partial charge < -0.3 is 76.2 Å². The van der Waals surface area contributed by atoms with Crippen LogP contribution in [0.15, 0.2) is 231 Å². The quantitative estimate of drug-likeness (QED) is 0.0210. The van der Waals surface area contributed by atoms with Crippen molar-refractivity contribution < 1.29 is 128 Å². The van der Waals surface area contributed by atoms with Crippen LogP contribution in [-0.4, -0.2) is 265 Å². The number of methoxy groups -OCH3 is 1. The standard InChI is InChI=1S/C29H28N4O6.C26H26N4O7.C25H26N4O7.C24H26N4O7S/c1-18(35)13-23(17-34)30-27(37)16-33-26-10-6-5-9-25(26)32(19(2)36)15-24(29(33)39)31-28(38)22-12-11-20-7-3-4-8-21(20)14-22;1-16(32)12-19(15-31)27-23(34)14-30-22-11-7-6-10-21(22)29(25(36)17(2)33)13-20(26(30)37)28-24(35)18-8-4-3-5-9-18;1-16(31)12-18(15-30)26-22(32)14-28-20-10-6-7-11-21(20)29(25(35)36-2)13-19(24(28)34)27-23(33)17-8-4-3-5-9-17;1-16(30)12-18(15-29)25-22(31)14-27-20-10-6-7-11-21(20)28(36(2,34)35)13-19(24(27)33)26-23(32)17-8-4-3-5-9-17/h3-12,14,17,23-24H,13,15-16H2,1-2H3,(H,30,37)(H,31,38);3-11,15,19-20H,12-14H2,1-2H3,(H,27,34)(H,28,35);3-11,15,18-19H,12-14H2,1-2H3,(H,26,32)(H,27,33);3-11,15,18-19H,12-14H2,1-2H3,(H,25,31)(H,26,32)/t23-,24-;19-,20-;2*18-,19-/m0000/s1. The highest BCUT2D eigenvalue weighted by molar-refractivity contribution is 7.92. The summed E-state index contributed by atoms with van der Waals surface area (Å²) in [5, 5.41) is 22.0. The van der Waals surface area contributed by atoms with E-state index in [0.29, 0.717) is 47.6 Å². The van der Waals surface area contributed by atoms with E-state index in [0.717, 1.165) is 47.9 Å². The number of amides is 15. The van der Waals surface area contributed by atoms with Crippen molar-refractivity contribution in [3.8, 4) is 0 Å². The Bertz CT molecular complexity index is 6750. The third-order valence-corrected chi connectivity index (χ3v) is 24.0. The fourth-order valence-electron chi connectivity index (χ4n) is 16.1. The first-order chi connectivity index (χ1) is 70.5. The maximum absolute atomic E-state index is 13.8. The van der Waals surface area contributed by atoms with Gasteiger partial charge in [0.2, 0.25) is 45.3 Å². The minimum absolute atomic E-state index is 0.133. The maximum Gasteiger partial charge on any atom is 0.414 e. The second-order valence-corrected chi connectivity index (χ2v) is 36.2. The van der Waals surface area contributed by atoms with E-state index in [2.05, 4.69) is 42.5 Å². The van der Waals surface area contributed by atoms with Crippen LogP contribution < -0.4 is 81.1 Å². The number of anilines is 8. The Kier molecular flexibility index (Phi) is 39.5. The average Bonchev–Trinajstić information content (AvgIpc) is 1.63. The van der Waals surface area contributed by atoms with E-state index in [1.165, 1.54) is 80.7 Å². The van der Waals surface area contributed by atoms with Gasteiger partial charge in [0.05, 0.1) is 109 Å². The van der Waals surface area contributed by atoms with E-state index in [-0.39, 0.29) is 120 Å². The number of fused-ring (bicyclic) bond motifs is 5. The first-order valence-corrected chi connectivity index (χ1v) is 47.8. The summed E-state index contributed by atoms with van der Waals surface area (Å²) in [6, 6.07) is 53.1. The Morgan fingerprint density at radius 2 is 0.588 bits per heavy atom. The van der Waals surface area contributed by atoms with Crippen LogP contribution in [-0.2, 0) is 106 Å². The minimum atomic E-state index is -3.89. The second-order valence-electron chi connectivity index (χ2n) is 34.3. The van der Waals surface area contributed by atoms with Gasteiger partial charge in [-0.1, -0.05) is 133 Å². The number of nitrogens with zero attached hydrogens (tertiary/aromatic N) is 8. The van der Waals surface area contributed by atoms with Crippen LogP contribution >= 0.6 is 0 Å². The summed E-state index contributed by atoms with van der Waals surface area (Å²) < 4.78 is 31.2. The fraction of sp³-hybridized carbons (Fsp3) is 0.269. The largest absolute Gasteiger partial charge is 0.452 e. The molecule has 9 aromatic rings. The van der Waals surface area contributed by atoms with Crippen molar-refractivity contribution in [1.82, 2.24) is 42.5 Å². The Balaban J connectivity index is 0.000000202. The van der Waals surface area contributed by atoms with Crippen molar-refractivity contribution in [2.75, 3.05) is 104 Å². The second kappa shape index (κ2) is 52.2. The van der Waals surface area contributed by atoms with E-state index in [9.17, 15) is 123 Å². The van der Waals surface area contributed by atoms with Crippen molar-refractivity contribution in [1.29, 1.82) is 0 Å². The molecule has 44 heteroatoms. The van der Waals surface area contributed by atoms with Crippen molar-refractivity contribution in [2.45, 2.75) is 116 Å². The molecular weight excluding hydrogens is 1940 g/mol. The van der Waals surface area contributed by atoms with Crippen molar-refractivity contribution in [3.63, 3.8) is 0 Å². The number of ketones is 5. The molecule has 9 aromatic carbocycles. The number of carbonyl (C=O) groups excluding carboxylic acids is 24. The van der Waals surface area contributed by atoms with Gasteiger partial charge in [-0.2, -0.15) is 0 Å². The van der Waals surface area contributed by atoms with Crippen LogP contribution in [0.2, 0.25) is 0 Å². The van der Waals surface area contributed by atoms with E-state index in [1.807, 2.05) is 24.3 Å². The molecule has 0 saturated heterocycles. The van der Waals surface area contributed by atoms with E-state index in [1.54, 1.807) is 182 Å². The normalized spacial score (nSPS) is 15.8. The smallest absolute Gasteiger partial charge is 0.414 e. The number of Topliss-reactive ketones (excluding diaryl/α,β-unsaturated/α-hetero) is 5. The number of hydrogen-bond acceptors (Lipinski definition) is 27. The molecule has 0 aromatic heterocycles. The van der Waals surface area contributed by atoms with Crippen LogP contribution in [0.25, 0.3) is 10.8 Å². The van der Waals surface area contributed by atoms with Gasteiger partial charge in [-0.25, -0.2) is 13.2 Å². The predicted octanol–water partition coefficient (Wildman–Crippen LogP) is 3.75. The van der Waals surface area contributed by atoms with Crippen LogP contribution in [0.4, 0.5) is 50.3 Å². The zero-order valence-electron chi connectivity index (χ0n) is 81.4. The zero-order chi connectivity index (χ0) is 108. The van der Waals surface area contributed by atoms with Gasteiger partial charge in [0, 0.05) is 61.8 Å². The Hall–Kier alpha value is -18.1. The maximum atomic E-state index is 13.8. The summed E-state index contributed by atoms with van der Waals surface area (Å²) in [4.78, 5) is 307. The molecule has 0 radical (unpaired) electrons. The van der Waals surface area contributed by atoms with Gasteiger partial charge in [-0.15, -0.1) is 0 Å². The van der Waals surface area contributed by atoms with E-state index >= 15 is 0 Å². The summed E-state index contributed by atoms with van der Waals surface area (Å²) in [5.41, 5.74) is 3.00. The third-order valence-electron chi connectivity index (χ3n) is 22.9. The molecule has 0 aliphatic carbocycles. The SMILES string of the molecule is CC(=O)C[C@@H](C=O)NC(=O)CN1C(=O)[C@@H](NC(=O)c2ccc3ccccc3c2)CN(C(C)=O)c2ccccc21.CC(=O)C[C@@H](C=O)NC(=O)CN1C(=O)[C@@H](NC(=O)c2ccccc2)CN(C(=O)C(C)=O)c2ccccc21.CC(=O)C[C@@H](C=O)NC(=O)CN1C(=O)[C@@H](NC(=O)c2ccccc2)CN(S(C)(=O)=O)c2ccccc21.COC(=O)N1C[C@H](NC(=O)c2ccccc2)C(=O)N(CC(=O)N[C@H](C=O)CC(C)=O)c2ccccc21. The molecule has 13 rings (SSSR count). The van der Waals surface area contributed by atoms with Crippen LogP contribution in [0.3, 0.4) is 0 Å². The summed E-state index contributed by atoms with van der Waals surface area (Å²) in [6.07, 6.45) is 1.17. The molecule has 4 aliphatic heterocycles. The van der Waals surface area contributed by atoms with Crippen LogP contribution in [0.1, 0.15) is 109 Å². The highest BCUT2D eigenvalue weighted by atomic mass is 32.2. The lowest BCUT2D eigenvalue weighted by Crippen LogP contribution is -2.55. The summed E-state index contributed by atoms with van der Waals surface area (Å²) >= 11 is 0. The minimum Gasteiger partial charge on any atom is -0.452 e. The number of benzene rings is 9. The molecule has 148 heavy (non-hydrogen) atoms. The van der Waals surface area contributed by atoms with E-state index < -0.39 is 180 Å². The topological polar surface area (TPSA) is 575 Å². The highest BCUT2D eigenvalue weighted by Crippen LogP contribution is 2.39. The molecule has 4 heterocycles. The first-order valence-electron chi connectivity index (χ1n) is 45.9. The van der Waals surface area contributed by atoms with E-state index in [4.69, 9.17) is 4.74 Å². The van der Waals surface area contributed by atoms with Gasteiger partial charge in [0.25, 0.3) is 53.2 Å². The number of para-hydroxylation sites is 8. The number of rotatable bonds is 34. The number of aldehydes is 4. The highest BCUT2D eigenvalue weighted by Gasteiger charge is 2.44. The summed E-state index contributed by atoms with van der Waals surface area (Å²) in [6.45, 7) is 4.27. The molecule has 8 atom stereocenters. The van der Waals surface area contributed by atoms with Gasteiger partial charge in [-0.3, -0.25) is 120 Å². The molecule has 0 saturated carbocycles. The van der Waals surface area contributed by atoms with Crippen molar-refractivity contribution >= 4 is 209 Å². The number of nitrogens with one attached hydrogen (secondary N) is 8. The Morgan fingerprint density at radius 1 is 0.324 bits per heavy atom. The molecule has 0 unspecified atom stereocenters. The zero-order valence-corrected chi connectivity index (χ0v) is 82.2. The number of carbonyl (C=O) groups is 24. The van der Waals surface area contributed by atoms with Gasteiger partial charge in [0.15, 0.2) is 0 Å². The van der Waals surface area contributed by atoms with Gasteiger partial charge in [0.1, 0.15) is 98.6 Å². The van der Waals surface area contributed by atoms with Crippen LogP contribution in [0.5, 0.6) is 0 Å². The van der Waals surface area contributed by atoms with Crippen molar-refractivity contribution in [3.05, 3.63) is 253 Å². The summed E-state index contributed by atoms with van der Waals surface area (Å²) in [7, 11) is -2.70. The number of ether oxygens (including phenoxy) is 1. The Morgan fingerprint density at radius 3 is 0.892 bits per heavy atom. The van der Waals surface area contributed by atoms with Gasteiger partial charge >= 0.3 is 6.09 Å². The van der Waals surface area contributed by atoms with Gasteiger partial charge in [-0.05, 0) is 136 Å². The number of sulfonamides is 1. The first kappa shape index (κ1) is 112. The molecule has 0 bridgehead atoms. The van der Waals surface area contributed by atoms with Crippen LogP contribution in [0, 0.1) is 0 Å². The monoisotopic (exact) mass is 2040 g/mol. The van der Waals surface area contributed by atoms with Crippen molar-refractivity contribution in [2.24, 2.45) is 0 Å². The average molecular weight is 2040 g/mol. The molecular formula is C104H106N16O27S. The lowest BCUT2D eigenvalue weighted by atomic mass is 10.1. The lowest BCUT2D eigenvalue weighted by Gasteiger charge is -2.25. The molecule has 43 nitrogen and oxygen atoms in total. The third kappa shape index (κ3) is 30.0.